The highest BCUT2D eigenvalue weighted by Crippen LogP contribution is 2.33. The van der Waals surface area contributed by atoms with Crippen molar-refractivity contribution in [3.05, 3.63) is 70.5 Å². The number of benzene rings is 1. The first-order valence-electron chi connectivity index (χ1n) is 9.21. The van der Waals surface area contributed by atoms with Crippen LogP contribution in [0.2, 0.25) is 5.15 Å². The predicted octanol–water partition coefficient (Wildman–Crippen LogP) is 4.10. The molecular weight excluding hydrogens is 467 g/mol. The van der Waals surface area contributed by atoms with E-state index < -0.39 is 23.4 Å². The number of carbonyl (C=O) groups excluding carboxylic acids is 2. The molecule has 7 nitrogen and oxygen atoms in total. The molecule has 0 N–H and O–H groups in total. The monoisotopic (exact) mass is 483 g/mol. The Kier molecular flexibility index (Phi) is 6.61. The summed E-state index contributed by atoms with van der Waals surface area (Å²) in [5.41, 5.74) is 0.188. The Hall–Kier alpha value is -2.92. The van der Waals surface area contributed by atoms with Crippen LogP contribution < -0.4 is 4.90 Å². The number of aromatic nitrogens is 4. The van der Waals surface area contributed by atoms with E-state index in [9.17, 15) is 22.8 Å². The molecule has 0 aliphatic carbocycles. The topological polar surface area (TPSA) is 81.0 Å². The van der Waals surface area contributed by atoms with E-state index in [0.29, 0.717) is 11.3 Å². The van der Waals surface area contributed by atoms with Crippen LogP contribution in [0.5, 0.6) is 0 Å². The van der Waals surface area contributed by atoms with Gasteiger partial charge in [0.15, 0.2) is 5.78 Å². The highest BCUT2D eigenvalue weighted by atomic mass is 35.5. The zero-order valence-electron chi connectivity index (χ0n) is 16.6. The lowest BCUT2D eigenvalue weighted by atomic mass is 10.0. The van der Waals surface area contributed by atoms with Crippen molar-refractivity contribution in [2.45, 2.75) is 25.6 Å². The summed E-state index contributed by atoms with van der Waals surface area (Å²) in [7, 11) is 0. The molecule has 12 heteroatoms. The second-order valence-electron chi connectivity index (χ2n) is 7.10. The molecule has 2 aromatic heterocycles. The first-order valence-corrected chi connectivity index (χ1v) is 9.59. The molecule has 0 spiro atoms. The minimum atomic E-state index is -4.47. The predicted molar refractivity (Wildman–Crippen MR) is 116 cm³/mol. The van der Waals surface area contributed by atoms with Crippen molar-refractivity contribution in [1.29, 1.82) is 0 Å². The van der Waals surface area contributed by atoms with Crippen LogP contribution in [0.1, 0.15) is 45.1 Å². The first-order chi connectivity index (χ1) is 14.6. The minimum absolute atomic E-state index is 0. The summed E-state index contributed by atoms with van der Waals surface area (Å²) >= 11 is 5.78. The van der Waals surface area contributed by atoms with Gasteiger partial charge in [0, 0.05) is 24.2 Å². The second kappa shape index (κ2) is 8.91. The van der Waals surface area contributed by atoms with Gasteiger partial charge in [0.2, 0.25) is 0 Å². The minimum Gasteiger partial charge on any atom is -0.305 e. The molecule has 3 heterocycles. The Balaban J connectivity index is 0.00000289. The summed E-state index contributed by atoms with van der Waals surface area (Å²) in [5, 5.41) is 4.30. The van der Waals surface area contributed by atoms with Crippen LogP contribution in [-0.4, -0.2) is 38.0 Å². The lowest BCUT2D eigenvalue weighted by molar-refractivity contribution is -0.137. The van der Waals surface area contributed by atoms with Crippen LogP contribution >= 0.6 is 25.1 Å². The molecule has 4 rings (SSSR count). The van der Waals surface area contributed by atoms with Crippen molar-refractivity contribution < 1.29 is 22.8 Å². The average molecular weight is 484 g/mol. The highest BCUT2D eigenvalue weighted by molar-refractivity contribution is 7.59. The highest BCUT2D eigenvalue weighted by Gasteiger charge is 2.35. The van der Waals surface area contributed by atoms with Crippen molar-refractivity contribution in [3.8, 4) is 0 Å². The van der Waals surface area contributed by atoms with E-state index in [1.807, 2.05) is 6.92 Å². The van der Waals surface area contributed by atoms with Gasteiger partial charge in [-0.25, -0.2) is 4.98 Å². The number of carbonyl (C=O) groups is 2. The lowest BCUT2D eigenvalue weighted by Gasteiger charge is -2.32. The number of hydrogen-bond acceptors (Lipinski definition) is 5. The van der Waals surface area contributed by atoms with Crippen LogP contribution in [-0.2, 0) is 12.6 Å². The fourth-order valence-corrected chi connectivity index (χ4v) is 3.59. The molecule has 0 saturated carbocycles. The van der Waals surface area contributed by atoms with Crippen LogP contribution in [0, 0.1) is 0 Å². The molecule has 168 valence electrons. The van der Waals surface area contributed by atoms with Crippen molar-refractivity contribution in [3.63, 3.8) is 0 Å². The number of anilines is 1. The number of amides is 1. The maximum absolute atomic E-state index is 13.2. The molecule has 3 aromatic rings. The van der Waals surface area contributed by atoms with E-state index in [4.69, 9.17) is 11.6 Å². The van der Waals surface area contributed by atoms with Gasteiger partial charge in [-0.15, -0.1) is 0 Å². The normalized spacial score (nSPS) is 15.8. The van der Waals surface area contributed by atoms with E-state index in [0.717, 1.165) is 12.1 Å². The van der Waals surface area contributed by atoms with Gasteiger partial charge in [0.1, 0.15) is 16.5 Å². The summed E-state index contributed by atoms with van der Waals surface area (Å²) in [6, 6.07) is 4.13. The third kappa shape index (κ3) is 4.49. The van der Waals surface area contributed by atoms with Gasteiger partial charge in [0.05, 0.1) is 30.2 Å². The van der Waals surface area contributed by atoms with Gasteiger partial charge in [-0.05, 0) is 31.2 Å². The Morgan fingerprint density at radius 3 is 2.50 bits per heavy atom. The molecule has 1 aliphatic heterocycles. The van der Waals surface area contributed by atoms with Gasteiger partial charge >= 0.3 is 6.18 Å². The van der Waals surface area contributed by atoms with Crippen molar-refractivity contribution in [2.75, 3.05) is 11.4 Å². The zero-order valence-corrected chi connectivity index (χ0v) is 18.4. The second-order valence-corrected chi connectivity index (χ2v) is 7.49. The Bertz CT molecular complexity index is 1170. The van der Waals surface area contributed by atoms with E-state index in [-0.39, 0.29) is 49.0 Å². The molecule has 0 radical (unpaired) electrons. The SMILES string of the molecule is C[C@H]1CN(c2ccc(C(F)(F)F)cc2)C(=O)c2c(CC(=O)c3cncc(Cl)n3)cnn21.S. The van der Waals surface area contributed by atoms with E-state index in [1.54, 1.807) is 0 Å². The van der Waals surface area contributed by atoms with Crippen LogP contribution in [0.3, 0.4) is 0 Å². The maximum Gasteiger partial charge on any atom is 0.416 e. The Morgan fingerprint density at radius 2 is 1.88 bits per heavy atom. The fraction of sp³-hybridized carbons (Fsp3) is 0.250. The first kappa shape index (κ1) is 23.7. The van der Waals surface area contributed by atoms with Crippen molar-refractivity contribution in [2.24, 2.45) is 0 Å². The lowest BCUT2D eigenvalue weighted by Crippen LogP contribution is -2.43. The molecule has 0 saturated heterocycles. The quantitative estimate of drug-likeness (QED) is 0.522. The number of nitrogens with zero attached hydrogens (tertiary/aromatic N) is 5. The number of alkyl halides is 3. The van der Waals surface area contributed by atoms with Crippen LogP contribution in [0.25, 0.3) is 0 Å². The zero-order chi connectivity index (χ0) is 22.3. The number of fused-ring (bicyclic) bond motifs is 1. The maximum atomic E-state index is 13.2. The third-order valence-corrected chi connectivity index (χ3v) is 5.11. The van der Waals surface area contributed by atoms with Crippen LogP contribution in [0.15, 0.2) is 42.9 Å². The number of halogens is 4. The van der Waals surface area contributed by atoms with E-state index >= 15 is 0 Å². The standard InChI is InChI=1S/C20H15ClF3N5O2.H2S/c1-11-10-28(14-4-2-13(3-5-14)20(22,23)24)19(31)18-12(7-26-29(11)18)6-16(30)15-8-25-9-17(21)27-15;/h2-5,7-9,11H,6,10H2,1H3;1H2/t11-;/m0./s1. The fourth-order valence-electron chi connectivity index (χ4n) is 3.44. The molecular formula is C20H17ClF3N5O2S. The molecule has 1 atom stereocenters. The number of Topliss-reactive ketones (excluding diaryl/α,β-unsaturated/α-hetero) is 1. The summed E-state index contributed by atoms with van der Waals surface area (Å²) < 4.78 is 40.1. The summed E-state index contributed by atoms with van der Waals surface area (Å²) in [6.07, 6.45) is -0.594. The summed E-state index contributed by atoms with van der Waals surface area (Å²) in [4.78, 5) is 34.9. The molecule has 1 aromatic carbocycles. The van der Waals surface area contributed by atoms with Gasteiger partial charge in [0.25, 0.3) is 5.91 Å². The smallest absolute Gasteiger partial charge is 0.305 e. The van der Waals surface area contributed by atoms with Crippen molar-refractivity contribution >= 4 is 42.5 Å². The van der Waals surface area contributed by atoms with Crippen molar-refractivity contribution in [1.82, 2.24) is 19.7 Å². The number of ketones is 1. The molecule has 1 amide bonds. The molecule has 0 bridgehead atoms. The van der Waals surface area contributed by atoms with Gasteiger partial charge in [-0.2, -0.15) is 31.8 Å². The molecule has 32 heavy (non-hydrogen) atoms. The number of hydrogen-bond donors (Lipinski definition) is 0. The molecule has 0 unspecified atom stereocenters. The van der Waals surface area contributed by atoms with Gasteiger partial charge in [-0.1, -0.05) is 11.6 Å². The Labute approximate surface area is 192 Å². The molecule has 1 aliphatic rings. The number of rotatable bonds is 4. The summed E-state index contributed by atoms with van der Waals surface area (Å²) in [6.45, 7) is 2.06. The third-order valence-electron chi connectivity index (χ3n) is 4.93. The Morgan fingerprint density at radius 1 is 1.19 bits per heavy atom. The molecule has 0 fully saturated rings. The van der Waals surface area contributed by atoms with Gasteiger partial charge < -0.3 is 4.90 Å². The van der Waals surface area contributed by atoms with Gasteiger partial charge in [-0.3, -0.25) is 19.3 Å². The van der Waals surface area contributed by atoms with Crippen LogP contribution in [0.4, 0.5) is 18.9 Å². The van der Waals surface area contributed by atoms with E-state index in [1.165, 1.54) is 40.3 Å². The summed E-state index contributed by atoms with van der Waals surface area (Å²) in [5.74, 6) is -0.840. The van der Waals surface area contributed by atoms with E-state index in [2.05, 4.69) is 15.1 Å². The largest absolute Gasteiger partial charge is 0.416 e. The average Bonchev–Trinajstić information content (AvgIpc) is 3.14.